The number of sulfonamides is 1. The third-order valence-electron chi connectivity index (χ3n) is 6.93. The minimum absolute atomic E-state index is 0.0436. The highest BCUT2D eigenvalue weighted by Crippen LogP contribution is 2.37. The van der Waals surface area contributed by atoms with Crippen LogP contribution >= 0.6 is 27.3 Å². The molecule has 3 aliphatic rings. The van der Waals surface area contributed by atoms with E-state index < -0.39 is 60.6 Å². The first kappa shape index (κ1) is 30.7. The number of nitrogens with zero attached hydrogens (tertiary/aromatic N) is 3. The molecule has 1 aromatic carbocycles. The molecule has 1 aliphatic carbocycles. The van der Waals surface area contributed by atoms with Gasteiger partial charge < -0.3 is 10.1 Å². The molecule has 2 atom stereocenters. The average Bonchev–Trinajstić information content (AvgIpc) is 3.65. The number of aliphatic imine (C=N–C) groups is 1. The number of carbonyl (C=O) groups excluding carboxylic acids is 2. The van der Waals surface area contributed by atoms with Crippen molar-refractivity contribution in [2.45, 2.75) is 37.1 Å². The standard InChI is InChI=1S/C25H27BrFN5O7S3/c1-2-39-25(34)20-18(12-32-8-10-41(35,36)13-19(32)23(33)31-42(37,38)15-4-5-15)29-22(24-28-7-9-40-24)30-21(20)16-6-3-14(27)11-17(16)26/h3,6-7,9,11,15,19,21H,2,4-5,8,10,12-13H2,1H3,(H,29,30)(H,31,33). The number of nitrogens with one attached hydrogen (secondary N) is 2. The van der Waals surface area contributed by atoms with Crippen LogP contribution in [0.1, 0.15) is 36.4 Å². The fourth-order valence-corrected chi connectivity index (χ4v) is 8.73. The minimum atomic E-state index is -3.94. The van der Waals surface area contributed by atoms with Crippen molar-refractivity contribution in [3.8, 4) is 0 Å². The zero-order valence-corrected chi connectivity index (χ0v) is 26.3. The Labute approximate surface area is 254 Å². The SMILES string of the molecule is CCOC(=O)C1=C(CN2CCS(=O)(=O)CC2C(=O)NS(=O)(=O)C2CC2)NC(c2nccs2)=NC1c1ccc(F)cc1Br. The predicted molar refractivity (Wildman–Crippen MR) is 156 cm³/mol. The lowest BCUT2D eigenvalue weighted by molar-refractivity contribution is -0.139. The van der Waals surface area contributed by atoms with Crippen molar-refractivity contribution in [2.24, 2.45) is 4.99 Å². The van der Waals surface area contributed by atoms with Crippen molar-refractivity contribution >= 4 is 64.8 Å². The summed E-state index contributed by atoms with van der Waals surface area (Å²) < 4.78 is 71.9. The van der Waals surface area contributed by atoms with Crippen molar-refractivity contribution < 1.29 is 35.6 Å². The highest BCUT2D eigenvalue weighted by atomic mass is 79.9. The second-order valence-corrected chi connectivity index (χ2v) is 15.9. The number of esters is 1. The number of amidine groups is 1. The molecule has 2 unspecified atom stereocenters. The second kappa shape index (κ2) is 12.1. The number of benzene rings is 1. The van der Waals surface area contributed by atoms with Crippen molar-refractivity contribution in [3.05, 3.63) is 61.9 Å². The van der Waals surface area contributed by atoms with Gasteiger partial charge in [-0.05, 0) is 37.5 Å². The van der Waals surface area contributed by atoms with Crippen molar-refractivity contribution in [2.75, 3.05) is 31.2 Å². The van der Waals surface area contributed by atoms with Gasteiger partial charge in [-0.25, -0.2) is 31.0 Å². The highest BCUT2D eigenvalue weighted by Gasteiger charge is 2.43. The number of rotatable bonds is 9. The molecule has 5 rings (SSSR count). The molecule has 2 N–H and O–H groups in total. The molecule has 1 aromatic heterocycles. The molecule has 1 saturated heterocycles. The van der Waals surface area contributed by atoms with Gasteiger partial charge in [0.2, 0.25) is 10.0 Å². The van der Waals surface area contributed by atoms with Gasteiger partial charge in [0.05, 0.1) is 28.9 Å². The van der Waals surface area contributed by atoms with Gasteiger partial charge in [0.25, 0.3) is 5.91 Å². The van der Waals surface area contributed by atoms with Crippen molar-refractivity contribution in [1.29, 1.82) is 0 Å². The molecular weight excluding hydrogens is 677 g/mol. The van der Waals surface area contributed by atoms with Gasteiger partial charge in [-0.15, -0.1) is 11.3 Å². The number of hydrogen-bond donors (Lipinski definition) is 2. The van der Waals surface area contributed by atoms with Crippen LogP contribution in [0, 0.1) is 5.82 Å². The summed E-state index contributed by atoms with van der Waals surface area (Å²) in [7, 11) is -7.60. The summed E-state index contributed by atoms with van der Waals surface area (Å²) in [5.74, 6) is -2.74. The Morgan fingerprint density at radius 2 is 2.07 bits per heavy atom. The zero-order valence-electron chi connectivity index (χ0n) is 22.2. The van der Waals surface area contributed by atoms with Crippen molar-refractivity contribution in [3.63, 3.8) is 0 Å². The number of amides is 1. The summed E-state index contributed by atoms with van der Waals surface area (Å²) in [5.41, 5.74) is 0.790. The van der Waals surface area contributed by atoms with Gasteiger partial charge in [-0.1, -0.05) is 22.0 Å². The first-order chi connectivity index (χ1) is 19.9. The minimum Gasteiger partial charge on any atom is -0.463 e. The Morgan fingerprint density at radius 1 is 1.31 bits per heavy atom. The van der Waals surface area contributed by atoms with E-state index in [2.05, 4.69) is 31.0 Å². The lowest BCUT2D eigenvalue weighted by atomic mass is 9.95. The first-order valence-electron chi connectivity index (χ1n) is 13.0. The molecule has 2 aliphatic heterocycles. The zero-order chi connectivity index (χ0) is 30.2. The van der Waals surface area contributed by atoms with Gasteiger partial charge >= 0.3 is 5.97 Å². The fraction of sp³-hybridized carbons (Fsp3) is 0.440. The van der Waals surface area contributed by atoms with Gasteiger partial charge in [0.15, 0.2) is 20.7 Å². The maximum Gasteiger partial charge on any atom is 0.338 e. The lowest BCUT2D eigenvalue weighted by Gasteiger charge is -2.36. The molecule has 42 heavy (non-hydrogen) atoms. The molecule has 0 bridgehead atoms. The monoisotopic (exact) mass is 703 g/mol. The topological polar surface area (TPSA) is 164 Å². The van der Waals surface area contributed by atoms with E-state index >= 15 is 0 Å². The van der Waals surface area contributed by atoms with Crippen LogP contribution in [0.2, 0.25) is 0 Å². The maximum absolute atomic E-state index is 14.0. The Morgan fingerprint density at radius 3 is 2.71 bits per heavy atom. The Hall–Kier alpha value is -2.73. The number of halogens is 2. The summed E-state index contributed by atoms with van der Waals surface area (Å²) in [4.78, 5) is 37.2. The van der Waals surface area contributed by atoms with Gasteiger partial charge in [-0.2, -0.15) is 0 Å². The van der Waals surface area contributed by atoms with E-state index in [0.29, 0.717) is 33.7 Å². The molecule has 12 nitrogen and oxygen atoms in total. The summed E-state index contributed by atoms with van der Waals surface area (Å²) in [6.45, 7) is 1.43. The molecule has 17 heteroatoms. The molecular formula is C25H27BrFN5O7S3. The van der Waals surface area contributed by atoms with Crippen LogP contribution in [0.3, 0.4) is 0 Å². The molecule has 0 spiro atoms. The maximum atomic E-state index is 14.0. The van der Waals surface area contributed by atoms with Crippen LogP contribution in [0.5, 0.6) is 0 Å². The summed E-state index contributed by atoms with van der Waals surface area (Å²) in [6, 6.07) is 1.65. The Kier molecular flexibility index (Phi) is 8.85. The number of ether oxygens (including phenoxy) is 1. The van der Waals surface area contributed by atoms with E-state index in [-0.39, 0.29) is 36.7 Å². The number of hydrogen-bond acceptors (Lipinski definition) is 12. The van der Waals surface area contributed by atoms with Crippen LogP contribution in [0.4, 0.5) is 4.39 Å². The van der Waals surface area contributed by atoms with Crippen LogP contribution in [-0.4, -0.2) is 86.9 Å². The normalized spacial score (nSPS) is 22.7. The molecule has 3 heterocycles. The lowest BCUT2D eigenvalue weighted by Crippen LogP contribution is -2.58. The quantitative estimate of drug-likeness (QED) is 0.367. The second-order valence-electron chi connectivity index (χ2n) is 9.93. The first-order valence-corrected chi connectivity index (χ1v) is 18.0. The summed E-state index contributed by atoms with van der Waals surface area (Å²) in [5, 5.41) is 4.68. The van der Waals surface area contributed by atoms with Gasteiger partial charge in [0.1, 0.15) is 17.9 Å². The van der Waals surface area contributed by atoms with Gasteiger partial charge in [-0.3, -0.25) is 19.4 Å². The third-order valence-corrected chi connectivity index (χ3v) is 11.9. The molecule has 1 saturated carbocycles. The van der Waals surface area contributed by atoms with Crippen LogP contribution in [-0.2, 0) is 34.2 Å². The van der Waals surface area contributed by atoms with E-state index in [1.807, 2.05) is 0 Å². The van der Waals surface area contributed by atoms with Crippen LogP contribution < -0.4 is 10.0 Å². The fourth-order valence-electron chi connectivity index (χ4n) is 4.71. The largest absolute Gasteiger partial charge is 0.463 e. The number of carbonyl (C=O) groups is 2. The van der Waals surface area contributed by atoms with Crippen LogP contribution in [0.25, 0.3) is 0 Å². The molecule has 2 fully saturated rings. The smallest absolute Gasteiger partial charge is 0.338 e. The summed E-state index contributed by atoms with van der Waals surface area (Å²) in [6.07, 6.45) is 2.43. The van der Waals surface area contributed by atoms with E-state index in [1.54, 1.807) is 18.5 Å². The van der Waals surface area contributed by atoms with E-state index in [4.69, 9.17) is 9.73 Å². The summed E-state index contributed by atoms with van der Waals surface area (Å²) >= 11 is 4.65. The highest BCUT2D eigenvalue weighted by molar-refractivity contribution is 9.10. The van der Waals surface area contributed by atoms with E-state index in [1.165, 1.54) is 34.4 Å². The third kappa shape index (κ3) is 6.74. The van der Waals surface area contributed by atoms with Crippen LogP contribution in [0.15, 0.2) is 50.5 Å². The Balaban J connectivity index is 1.57. The van der Waals surface area contributed by atoms with Gasteiger partial charge in [0, 0.05) is 34.8 Å². The predicted octanol–water partition coefficient (Wildman–Crippen LogP) is 1.66. The van der Waals surface area contributed by atoms with Crippen molar-refractivity contribution in [1.82, 2.24) is 19.9 Å². The molecule has 2 aromatic rings. The average molecular weight is 705 g/mol. The molecule has 0 radical (unpaired) electrons. The molecule has 226 valence electrons. The number of sulfone groups is 1. The number of aromatic nitrogens is 1. The van der Waals surface area contributed by atoms with E-state index in [9.17, 15) is 30.8 Å². The van der Waals surface area contributed by atoms with E-state index in [0.717, 1.165) is 0 Å². The number of thiazole rings is 1. The Bertz CT molecular complexity index is 1680. The molecule has 1 amide bonds.